The zero-order chi connectivity index (χ0) is 13.0. The van der Waals surface area contributed by atoms with E-state index in [0.29, 0.717) is 18.1 Å². The minimum atomic E-state index is -0.359. The van der Waals surface area contributed by atoms with E-state index in [9.17, 15) is 4.39 Å². The van der Waals surface area contributed by atoms with E-state index in [1.165, 1.54) is 10.7 Å². The van der Waals surface area contributed by atoms with Gasteiger partial charge in [-0.05, 0) is 41.6 Å². The van der Waals surface area contributed by atoms with Gasteiger partial charge in [0.1, 0.15) is 11.5 Å². The Hall–Kier alpha value is -1.34. The highest BCUT2D eigenvalue weighted by molar-refractivity contribution is 9.10. The van der Waals surface area contributed by atoms with E-state index >= 15 is 0 Å². The van der Waals surface area contributed by atoms with Gasteiger partial charge in [0, 0.05) is 4.47 Å². The summed E-state index contributed by atoms with van der Waals surface area (Å²) in [6.45, 7) is 3.45. The van der Waals surface area contributed by atoms with Crippen molar-refractivity contribution in [1.29, 1.82) is 0 Å². The molecule has 96 valence electrons. The molecule has 5 nitrogen and oxygen atoms in total. The number of hydrogen-bond acceptors (Lipinski definition) is 4. The Morgan fingerprint density at radius 3 is 3.06 bits per heavy atom. The zero-order valence-corrected chi connectivity index (χ0v) is 11.5. The van der Waals surface area contributed by atoms with Crippen molar-refractivity contribution in [2.75, 3.05) is 6.54 Å². The molecule has 1 heterocycles. The molecule has 0 fully saturated rings. The molecule has 0 saturated heterocycles. The van der Waals surface area contributed by atoms with Crippen LogP contribution in [-0.4, -0.2) is 26.8 Å². The van der Waals surface area contributed by atoms with Crippen molar-refractivity contribution in [1.82, 2.24) is 25.5 Å². The normalized spacial score (nSPS) is 10.8. The van der Waals surface area contributed by atoms with Crippen LogP contribution in [0.2, 0.25) is 0 Å². The SMILES string of the molecule is CCCNCc1nnnn1-c1cc(Br)ccc1F. The van der Waals surface area contributed by atoms with E-state index in [-0.39, 0.29) is 5.82 Å². The molecule has 0 aliphatic rings. The summed E-state index contributed by atoms with van der Waals surface area (Å²) in [4.78, 5) is 0. The van der Waals surface area contributed by atoms with Gasteiger partial charge in [-0.2, -0.15) is 4.68 Å². The van der Waals surface area contributed by atoms with Crippen LogP contribution in [0.15, 0.2) is 22.7 Å². The second kappa shape index (κ2) is 6.01. The van der Waals surface area contributed by atoms with Crippen molar-refractivity contribution in [3.63, 3.8) is 0 Å². The van der Waals surface area contributed by atoms with Crippen LogP contribution in [0.3, 0.4) is 0 Å². The number of halogens is 2. The molecule has 0 saturated carbocycles. The predicted molar refractivity (Wildman–Crippen MR) is 68.8 cm³/mol. The lowest BCUT2D eigenvalue weighted by Crippen LogP contribution is -2.18. The second-order valence-corrected chi connectivity index (χ2v) is 4.70. The Morgan fingerprint density at radius 1 is 1.44 bits per heavy atom. The Bertz CT molecular complexity index is 528. The topological polar surface area (TPSA) is 55.6 Å². The van der Waals surface area contributed by atoms with Gasteiger partial charge in [-0.25, -0.2) is 4.39 Å². The number of nitrogens with one attached hydrogen (secondary N) is 1. The smallest absolute Gasteiger partial charge is 0.170 e. The summed E-state index contributed by atoms with van der Waals surface area (Å²) < 4.78 is 15.9. The van der Waals surface area contributed by atoms with E-state index in [2.05, 4.69) is 43.7 Å². The molecule has 1 aromatic heterocycles. The second-order valence-electron chi connectivity index (χ2n) is 3.78. The van der Waals surface area contributed by atoms with E-state index < -0.39 is 0 Å². The first kappa shape index (κ1) is 13.1. The van der Waals surface area contributed by atoms with Crippen LogP contribution < -0.4 is 5.32 Å². The first-order valence-electron chi connectivity index (χ1n) is 5.65. The highest BCUT2D eigenvalue weighted by Gasteiger charge is 2.12. The van der Waals surface area contributed by atoms with Crippen molar-refractivity contribution < 1.29 is 4.39 Å². The summed E-state index contributed by atoms with van der Waals surface area (Å²) in [6, 6.07) is 4.66. The highest BCUT2D eigenvalue weighted by Crippen LogP contribution is 2.19. The Balaban J connectivity index is 2.27. The van der Waals surface area contributed by atoms with Gasteiger partial charge in [-0.15, -0.1) is 5.10 Å². The number of rotatable bonds is 5. The van der Waals surface area contributed by atoms with Gasteiger partial charge in [-0.3, -0.25) is 0 Å². The molecule has 0 aliphatic carbocycles. The maximum Gasteiger partial charge on any atom is 0.170 e. The number of nitrogens with zero attached hydrogens (tertiary/aromatic N) is 4. The first-order valence-corrected chi connectivity index (χ1v) is 6.45. The summed E-state index contributed by atoms with van der Waals surface area (Å²) in [5.74, 6) is 0.225. The van der Waals surface area contributed by atoms with Gasteiger partial charge in [0.15, 0.2) is 5.82 Å². The van der Waals surface area contributed by atoms with Crippen LogP contribution >= 0.6 is 15.9 Å². The largest absolute Gasteiger partial charge is 0.310 e. The van der Waals surface area contributed by atoms with Gasteiger partial charge in [0.2, 0.25) is 0 Å². The fourth-order valence-electron chi connectivity index (χ4n) is 1.53. The molecule has 0 spiro atoms. The summed E-state index contributed by atoms with van der Waals surface area (Å²) in [5, 5.41) is 14.5. The molecule has 18 heavy (non-hydrogen) atoms. The van der Waals surface area contributed by atoms with Crippen LogP contribution in [-0.2, 0) is 6.54 Å². The maximum absolute atomic E-state index is 13.7. The van der Waals surface area contributed by atoms with Crippen molar-refractivity contribution in [2.24, 2.45) is 0 Å². The molecule has 0 amide bonds. The Labute approximate surface area is 113 Å². The molecule has 0 unspecified atom stereocenters. The van der Waals surface area contributed by atoms with E-state index in [0.717, 1.165) is 17.4 Å². The number of benzene rings is 1. The summed E-state index contributed by atoms with van der Waals surface area (Å²) >= 11 is 3.31. The van der Waals surface area contributed by atoms with Crippen LogP contribution in [0, 0.1) is 5.82 Å². The third-order valence-electron chi connectivity index (χ3n) is 2.38. The van der Waals surface area contributed by atoms with E-state index in [4.69, 9.17) is 0 Å². The average molecular weight is 314 g/mol. The average Bonchev–Trinajstić information content (AvgIpc) is 2.81. The zero-order valence-electron chi connectivity index (χ0n) is 9.90. The molecule has 7 heteroatoms. The number of hydrogen-bond donors (Lipinski definition) is 1. The summed E-state index contributed by atoms with van der Waals surface area (Å²) in [5.41, 5.74) is 0.336. The molecule has 2 rings (SSSR count). The molecule has 0 atom stereocenters. The minimum Gasteiger partial charge on any atom is -0.310 e. The maximum atomic E-state index is 13.7. The number of tetrazole rings is 1. The van der Waals surface area contributed by atoms with Gasteiger partial charge >= 0.3 is 0 Å². The summed E-state index contributed by atoms with van der Waals surface area (Å²) in [6.07, 6.45) is 1.02. The fourth-order valence-corrected chi connectivity index (χ4v) is 1.88. The van der Waals surface area contributed by atoms with Crippen molar-refractivity contribution >= 4 is 15.9 Å². The molecule has 0 bridgehead atoms. The Morgan fingerprint density at radius 2 is 2.28 bits per heavy atom. The van der Waals surface area contributed by atoms with Crippen LogP contribution in [0.5, 0.6) is 0 Å². The molecule has 1 N–H and O–H groups in total. The Kier molecular flexibility index (Phi) is 4.38. The lowest BCUT2D eigenvalue weighted by molar-refractivity contribution is 0.590. The fraction of sp³-hybridized carbons (Fsp3) is 0.364. The molecule has 1 aromatic carbocycles. The molecular formula is C11H13BrFN5. The van der Waals surface area contributed by atoms with Gasteiger partial charge in [0.05, 0.1) is 6.54 Å². The van der Waals surface area contributed by atoms with Crippen LogP contribution in [0.1, 0.15) is 19.2 Å². The monoisotopic (exact) mass is 313 g/mol. The first-order chi connectivity index (χ1) is 8.72. The number of aromatic nitrogens is 4. The molecular weight excluding hydrogens is 301 g/mol. The predicted octanol–water partition coefficient (Wildman–Crippen LogP) is 2.06. The lowest BCUT2D eigenvalue weighted by atomic mass is 10.3. The molecule has 2 aromatic rings. The molecule has 0 aliphatic heterocycles. The minimum absolute atomic E-state index is 0.336. The van der Waals surface area contributed by atoms with Gasteiger partial charge < -0.3 is 5.32 Å². The standard InChI is InChI=1S/C11H13BrFN5/c1-2-5-14-7-11-15-16-17-18(11)10-6-8(12)3-4-9(10)13/h3-4,6,14H,2,5,7H2,1H3. The van der Waals surface area contributed by atoms with Crippen molar-refractivity contribution in [3.05, 3.63) is 34.3 Å². The van der Waals surface area contributed by atoms with E-state index in [1.54, 1.807) is 12.1 Å². The molecule has 0 radical (unpaired) electrons. The van der Waals surface area contributed by atoms with Crippen molar-refractivity contribution in [3.8, 4) is 5.69 Å². The van der Waals surface area contributed by atoms with Crippen molar-refractivity contribution in [2.45, 2.75) is 19.9 Å². The third-order valence-corrected chi connectivity index (χ3v) is 2.87. The van der Waals surface area contributed by atoms with Crippen LogP contribution in [0.25, 0.3) is 5.69 Å². The third kappa shape index (κ3) is 2.91. The van der Waals surface area contributed by atoms with E-state index in [1.807, 2.05) is 0 Å². The highest BCUT2D eigenvalue weighted by atomic mass is 79.9. The quantitative estimate of drug-likeness (QED) is 0.859. The van der Waals surface area contributed by atoms with Gasteiger partial charge in [0.25, 0.3) is 0 Å². The van der Waals surface area contributed by atoms with Crippen LogP contribution in [0.4, 0.5) is 4.39 Å². The van der Waals surface area contributed by atoms with Gasteiger partial charge in [-0.1, -0.05) is 22.9 Å². The lowest BCUT2D eigenvalue weighted by Gasteiger charge is -2.06. The summed E-state index contributed by atoms with van der Waals surface area (Å²) in [7, 11) is 0.